The summed E-state index contributed by atoms with van der Waals surface area (Å²) >= 11 is 11.5. The summed E-state index contributed by atoms with van der Waals surface area (Å²) < 4.78 is 13.3. The Hall–Kier alpha value is -0.470. The Morgan fingerprint density at radius 2 is 1.76 bits per heavy atom. The van der Waals surface area contributed by atoms with E-state index in [2.05, 4.69) is 12.2 Å². The molecule has 1 aromatic carbocycles. The van der Waals surface area contributed by atoms with E-state index in [-0.39, 0.29) is 10.0 Å². The van der Waals surface area contributed by atoms with Gasteiger partial charge in [-0.3, -0.25) is 0 Å². The van der Waals surface area contributed by atoms with Gasteiger partial charge >= 0.3 is 0 Å². The van der Waals surface area contributed by atoms with E-state index in [1.54, 1.807) is 12.1 Å². The van der Waals surface area contributed by atoms with Crippen LogP contribution in [0.5, 0.6) is 0 Å². The van der Waals surface area contributed by atoms with Crippen LogP contribution in [-0.4, -0.2) is 6.04 Å². The van der Waals surface area contributed by atoms with Gasteiger partial charge in [0.2, 0.25) is 0 Å². The lowest BCUT2D eigenvalue weighted by molar-refractivity contribution is 0.482. The molecule has 1 unspecified atom stereocenters. The average molecular weight is 276 g/mol. The van der Waals surface area contributed by atoms with Crippen molar-refractivity contribution in [1.82, 2.24) is 0 Å². The first-order valence-corrected chi connectivity index (χ1v) is 6.74. The summed E-state index contributed by atoms with van der Waals surface area (Å²) in [6.07, 6.45) is 5.14. The molecular formula is C13H16Cl2FN. The summed E-state index contributed by atoms with van der Waals surface area (Å²) in [5.74, 6) is 0.144. The number of nitrogens with one attached hydrogen (secondary N) is 1. The number of anilines is 1. The normalized spacial score (nSPS) is 18.4. The summed E-state index contributed by atoms with van der Waals surface area (Å²) in [6.45, 7) is 2.15. The van der Waals surface area contributed by atoms with Crippen LogP contribution in [0.25, 0.3) is 0 Å². The second-order valence-electron chi connectivity index (χ2n) is 4.73. The summed E-state index contributed by atoms with van der Waals surface area (Å²) in [7, 11) is 0. The van der Waals surface area contributed by atoms with E-state index in [1.165, 1.54) is 25.7 Å². The molecule has 0 radical (unpaired) electrons. The van der Waals surface area contributed by atoms with Crippen molar-refractivity contribution < 1.29 is 4.39 Å². The van der Waals surface area contributed by atoms with E-state index in [9.17, 15) is 4.39 Å². The summed E-state index contributed by atoms with van der Waals surface area (Å²) in [4.78, 5) is 0. The zero-order valence-corrected chi connectivity index (χ0v) is 11.3. The topological polar surface area (TPSA) is 12.0 Å². The second kappa shape index (κ2) is 5.45. The fourth-order valence-corrected chi connectivity index (χ4v) is 2.96. The standard InChI is InChI=1S/C13H16Cl2FN/c1-8(9-4-2-3-5-9)17-10-6-11(14)13(16)12(15)7-10/h6-9,17H,2-5H2,1H3. The van der Waals surface area contributed by atoms with E-state index in [4.69, 9.17) is 23.2 Å². The SMILES string of the molecule is CC(Nc1cc(Cl)c(F)c(Cl)c1)C1CCCC1. The molecule has 0 heterocycles. The maximum atomic E-state index is 13.3. The molecule has 4 heteroatoms. The molecule has 1 atom stereocenters. The molecular weight excluding hydrogens is 260 g/mol. The fraction of sp³-hybridized carbons (Fsp3) is 0.538. The van der Waals surface area contributed by atoms with Crippen LogP contribution in [0.1, 0.15) is 32.6 Å². The number of hydrogen-bond acceptors (Lipinski definition) is 1. The van der Waals surface area contributed by atoms with E-state index in [0.29, 0.717) is 12.0 Å². The van der Waals surface area contributed by atoms with Gasteiger partial charge in [0.05, 0.1) is 10.0 Å². The molecule has 0 bridgehead atoms. The highest BCUT2D eigenvalue weighted by atomic mass is 35.5. The molecule has 1 aromatic rings. The molecule has 1 aliphatic carbocycles. The number of rotatable bonds is 3. The van der Waals surface area contributed by atoms with Gasteiger partial charge in [0.1, 0.15) is 0 Å². The molecule has 2 rings (SSSR count). The Labute approximate surface area is 111 Å². The Morgan fingerprint density at radius 1 is 1.24 bits per heavy atom. The van der Waals surface area contributed by atoms with Crippen LogP contribution in [0.4, 0.5) is 10.1 Å². The van der Waals surface area contributed by atoms with Gasteiger partial charge in [-0.2, -0.15) is 0 Å². The first-order valence-electron chi connectivity index (χ1n) is 5.99. The maximum Gasteiger partial charge on any atom is 0.160 e. The van der Waals surface area contributed by atoms with E-state index < -0.39 is 5.82 Å². The second-order valence-corrected chi connectivity index (χ2v) is 5.55. The Balaban J connectivity index is 2.07. The molecule has 1 fully saturated rings. The van der Waals surface area contributed by atoms with Crippen molar-refractivity contribution in [3.05, 3.63) is 28.0 Å². The molecule has 0 aliphatic heterocycles. The Bertz CT molecular complexity index is 379. The van der Waals surface area contributed by atoms with Crippen molar-refractivity contribution in [3.8, 4) is 0 Å². The fourth-order valence-electron chi connectivity index (χ4n) is 2.48. The minimum Gasteiger partial charge on any atom is -0.382 e. The van der Waals surface area contributed by atoms with Gasteiger partial charge < -0.3 is 5.32 Å². The minimum absolute atomic E-state index is 0.0682. The highest BCUT2D eigenvalue weighted by Crippen LogP contribution is 2.31. The summed E-state index contributed by atoms with van der Waals surface area (Å²) in [6, 6.07) is 3.55. The lowest BCUT2D eigenvalue weighted by atomic mass is 9.99. The zero-order chi connectivity index (χ0) is 12.4. The molecule has 1 N–H and O–H groups in total. The predicted octanol–water partition coefficient (Wildman–Crippen LogP) is 5.12. The van der Waals surface area contributed by atoms with E-state index in [1.807, 2.05) is 0 Å². The highest BCUT2D eigenvalue weighted by Gasteiger charge is 2.21. The van der Waals surface area contributed by atoms with Crippen molar-refractivity contribution in [1.29, 1.82) is 0 Å². The van der Waals surface area contributed by atoms with Crippen molar-refractivity contribution >= 4 is 28.9 Å². The third-order valence-corrected chi connectivity index (χ3v) is 4.04. The number of hydrogen-bond donors (Lipinski definition) is 1. The van der Waals surface area contributed by atoms with Crippen molar-refractivity contribution in [2.24, 2.45) is 5.92 Å². The van der Waals surface area contributed by atoms with Crippen LogP contribution in [0.3, 0.4) is 0 Å². The first kappa shape index (κ1) is 13.0. The molecule has 17 heavy (non-hydrogen) atoms. The summed E-state index contributed by atoms with van der Waals surface area (Å²) in [5, 5.41) is 3.49. The van der Waals surface area contributed by atoms with Gasteiger partial charge in [0.25, 0.3) is 0 Å². The van der Waals surface area contributed by atoms with E-state index in [0.717, 1.165) is 5.69 Å². The van der Waals surface area contributed by atoms with Crippen LogP contribution < -0.4 is 5.32 Å². The van der Waals surface area contributed by atoms with Crippen LogP contribution in [0.15, 0.2) is 12.1 Å². The van der Waals surface area contributed by atoms with Gasteiger partial charge in [-0.05, 0) is 37.8 Å². The molecule has 0 spiro atoms. The third kappa shape index (κ3) is 3.05. The van der Waals surface area contributed by atoms with Crippen molar-refractivity contribution in [2.45, 2.75) is 38.6 Å². The first-order chi connectivity index (χ1) is 8.08. The predicted molar refractivity (Wildman–Crippen MR) is 71.5 cm³/mol. The van der Waals surface area contributed by atoms with Gasteiger partial charge in [0, 0.05) is 11.7 Å². The molecule has 94 valence electrons. The third-order valence-electron chi connectivity index (χ3n) is 3.49. The Morgan fingerprint density at radius 3 is 2.29 bits per heavy atom. The molecule has 1 aliphatic rings. The van der Waals surface area contributed by atoms with Gasteiger partial charge in [0.15, 0.2) is 5.82 Å². The average Bonchev–Trinajstić information content (AvgIpc) is 2.79. The van der Waals surface area contributed by atoms with Gasteiger partial charge in [-0.25, -0.2) is 4.39 Å². The molecule has 1 nitrogen and oxygen atoms in total. The quantitative estimate of drug-likeness (QED) is 0.755. The monoisotopic (exact) mass is 275 g/mol. The smallest absolute Gasteiger partial charge is 0.160 e. The van der Waals surface area contributed by atoms with Crippen LogP contribution >= 0.6 is 23.2 Å². The number of benzene rings is 1. The zero-order valence-electron chi connectivity index (χ0n) is 9.77. The van der Waals surface area contributed by atoms with Crippen LogP contribution in [0, 0.1) is 11.7 Å². The van der Waals surface area contributed by atoms with Crippen molar-refractivity contribution in [2.75, 3.05) is 5.32 Å². The lowest BCUT2D eigenvalue weighted by Gasteiger charge is -2.21. The lowest BCUT2D eigenvalue weighted by Crippen LogP contribution is -2.23. The minimum atomic E-state index is -0.549. The van der Waals surface area contributed by atoms with Gasteiger partial charge in [-0.15, -0.1) is 0 Å². The maximum absolute atomic E-state index is 13.3. The van der Waals surface area contributed by atoms with Crippen LogP contribution in [-0.2, 0) is 0 Å². The van der Waals surface area contributed by atoms with E-state index >= 15 is 0 Å². The largest absolute Gasteiger partial charge is 0.382 e. The highest BCUT2D eigenvalue weighted by molar-refractivity contribution is 6.35. The molecule has 0 saturated heterocycles. The Kier molecular flexibility index (Phi) is 4.16. The molecule has 1 saturated carbocycles. The molecule has 0 amide bonds. The molecule has 0 aromatic heterocycles. The van der Waals surface area contributed by atoms with Gasteiger partial charge in [-0.1, -0.05) is 36.0 Å². The van der Waals surface area contributed by atoms with Crippen LogP contribution in [0.2, 0.25) is 10.0 Å². The van der Waals surface area contributed by atoms with Crippen molar-refractivity contribution in [3.63, 3.8) is 0 Å². The number of halogens is 3. The summed E-state index contributed by atoms with van der Waals surface area (Å²) in [5.41, 5.74) is 0.792.